The quantitative estimate of drug-likeness (QED) is 0.292. The molecule has 0 saturated heterocycles. The number of hydrogen-bond acceptors (Lipinski definition) is 2. The van der Waals surface area contributed by atoms with Crippen molar-refractivity contribution < 1.29 is 31.3 Å². The van der Waals surface area contributed by atoms with Crippen LogP contribution in [0.2, 0.25) is 0 Å². The average molecular weight is 358 g/mol. The van der Waals surface area contributed by atoms with E-state index in [0.29, 0.717) is 12.8 Å². The van der Waals surface area contributed by atoms with Gasteiger partial charge in [-0.05, 0) is 12.8 Å². The molecule has 1 N–H and O–H groups in total. The van der Waals surface area contributed by atoms with Gasteiger partial charge in [-0.3, -0.25) is 4.57 Å². The average Bonchev–Trinajstić information content (AvgIpc) is 2.41. The summed E-state index contributed by atoms with van der Waals surface area (Å²) in [6, 6.07) is 0. The number of rotatable bonds is 15. The Bertz CT molecular complexity index is 250. The second-order valence-corrected chi connectivity index (χ2v) is 7.71. The molecule has 0 bridgehead atoms. The van der Waals surface area contributed by atoms with Crippen molar-refractivity contribution >= 4 is 7.60 Å². The van der Waals surface area contributed by atoms with Gasteiger partial charge in [-0.25, -0.2) is 0 Å². The van der Waals surface area contributed by atoms with Gasteiger partial charge in [0.15, 0.2) is 0 Å². The van der Waals surface area contributed by atoms with E-state index < -0.39 is 7.60 Å². The third kappa shape index (κ3) is 18.6. The molecular weight excluding hydrogens is 323 g/mol. The largest absolute Gasteiger partial charge is 0.328 e. The monoisotopic (exact) mass is 358 g/mol. The second-order valence-electron chi connectivity index (χ2n) is 5.73. The maximum absolute atomic E-state index is 11.8. The summed E-state index contributed by atoms with van der Waals surface area (Å²) in [5, 5.41) is 0. The molecule has 0 spiro atoms. The SMILES string of the molecule is CCCCCCCCOP(=O)(O)CCCCCCCC.[Cr]. The summed E-state index contributed by atoms with van der Waals surface area (Å²) in [5.41, 5.74) is 0. The fraction of sp³-hybridized carbons (Fsp3) is 1.00. The zero-order valence-electron chi connectivity index (χ0n) is 14.0. The predicted octanol–water partition coefficient (Wildman–Crippen LogP) is 5.91. The molecule has 0 heterocycles. The fourth-order valence-corrected chi connectivity index (χ4v) is 3.41. The molecule has 0 aliphatic carbocycles. The summed E-state index contributed by atoms with van der Waals surface area (Å²) in [5.74, 6) is 0. The van der Waals surface area contributed by atoms with Gasteiger partial charge in [-0.15, -0.1) is 0 Å². The van der Waals surface area contributed by atoms with Crippen molar-refractivity contribution in [2.24, 2.45) is 0 Å². The molecule has 0 aromatic carbocycles. The van der Waals surface area contributed by atoms with E-state index in [2.05, 4.69) is 13.8 Å². The van der Waals surface area contributed by atoms with Crippen LogP contribution in [0.25, 0.3) is 0 Å². The van der Waals surface area contributed by atoms with E-state index in [-0.39, 0.29) is 17.4 Å². The van der Waals surface area contributed by atoms with Gasteiger partial charge in [0.25, 0.3) is 0 Å². The van der Waals surface area contributed by atoms with E-state index in [1.54, 1.807) is 0 Å². The third-order valence-electron chi connectivity index (χ3n) is 3.59. The zero-order chi connectivity index (χ0) is 15.1. The first-order valence-electron chi connectivity index (χ1n) is 8.58. The molecule has 5 heteroatoms. The van der Waals surface area contributed by atoms with Crippen molar-refractivity contribution in [1.82, 2.24) is 0 Å². The van der Waals surface area contributed by atoms with Gasteiger partial charge >= 0.3 is 7.60 Å². The Hall–Kier alpha value is 0.682. The summed E-state index contributed by atoms with van der Waals surface area (Å²) in [6.07, 6.45) is 14.1. The summed E-state index contributed by atoms with van der Waals surface area (Å²) in [4.78, 5) is 9.69. The van der Waals surface area contributed by atoms with E-state index in [4.69, 9.17) is 4.52 Å². The van der Waals surface area contributed by atoms with E-state index in [1.807, 2.05) is 0 Å². The molecular formula is C16H35CrO3P. The van der Waals surface area contributed by atoms with Crippen LogP contribution in [0, 0.1) is 0 Å². The van der Waals surface area contributed by atoms with Gasteiger partial charge in [-0.2, -0.15) is 0 Å². The molecule has 0 rings (SSSR count). The molecule has 1 unspecified atom stereocenters. The van der Waals surface area contributed by atoms with E-state index >= 15 is 0 Å². The molecule has 0 aliphatic heterocycles. The van der Waals surface area contributed by atoms with Crippen LogP contribution in [0.5, 0.6) is 0 Å². The molecule has 0 aromatic rings. The summed E-state index contributed by atoms with van der Waals surface area (Å²) in [6.45, 7) is 4.83. The van der Waals surface area contributed by atoms with Crippen LogP contribution in [0.15, 0.2) is 0 Å². The molecule has 3 nitrogen and oxygen atoms in total. The topological polar surface area (TPSA) is 46.5 Å². The van der Waals surface area contributed by atoms with E-state index in [1.165, 1.54) is 51.4 Å². The van der Waals surface area contributed by atoms with Gasteiger partial charge in [0.2, 0.25) is 0 Å². The molecule has 0 fully saturated rings. The molecule has 1 atom stereocenters. The van der Waals surface area contributed by atoms with Crippen LogP contribution in [0.1, 0.15) is 90.9 Å². The standard InChI is InChI=1S/C16H35O3P.Cr/c1-3-5-7-9-11-13-15-19-20(17,18)16-14-12-10-8-6-4-2;/h3-16H2,1-2H3,(H,17,18);. The van der Waals surface area contributed by atoms with Crippen LogP contribution < -0.4 is 0 Å². The third-order valence-corrected chi connectivity index (χ3v) is 5.05. The zero-order valence-corrected chi connectivity index (χ0v) is 16.2. The summed E-state index contributed by atoms with van der Waals surface area (Å²) < 4.78 is 16.9. The second kappa shape index (κ2) is 17.0. The minimum atomic E-state index is -3.31. The smallest absolute Gasteiger partial charge is 0.324 e. The Morgan fingerprint density at radius 3 is 1.71 bits per heavy atom. The Morgan fingerprint density at radius 1 is 0.762 bits per heavy atom. The van der Waals surface area contributed by atoms with Crippen LogP contribution in [0.3, 0.4) is 0 Å². The van der Waals surface area contributed by atoms with Gasteiger partial charge in [0.1, 0.15) is 0 Å². The molecule has 0 saturated carbocycles. The van der Waals surface area contributed by atoms with E-state index in [0.717, 1.165) is 25.7 Å². The van der Waals surface area contributed by atoms with Gasteiger partial charge < -0.3 is 9.42 Å². The van der Waals surface area contributed by atoms with Crippen LogP contribution in [0.4, 0.5) is 0 Å². The van der Waals surface area contributed by atoms with Crippen molar-refractivity contribution in [3.63, 3.8) is 0 Å². The summed E-state index contributed by atoms with van der Waals surface area (Å²) >= 11 is 0. The van der Waals surface area contributed by atoms with Gasteiger partial charge in [0, 0.05) is 23.5 Å². The number of unbranched alkanes of at least 4 members (excludes halogenated alkanes) is 10. The first kappa shape index (κ1) is 23.9. The molecule has 21 heavy (non-hydrogen) atoms. The molecule has 0 aliphatic rings. The minimum Gasteiger partial charge on any atom is -0.324 e. The van der Waals surface area contributed by atoms with Crippen molar-refractivity contribution in [3.05, 3.63) is 0 Å². The molecule has 128 valence electrons. The van der Waals surface area contributed by atoms with Gasteiger partial charge in [0.05, 0.1) is 6.61 Å². The predicted molar refractivity (Wildman–Crippen MR) is 87.4 cm³/mol. The Morgan fingerprint density at radius 2 is 1.19 bits per heavy atom. The van der Waals surface area contributed by atoms with Crippen LogP contribution >= 0.6 is 7.60 Å². The van der Waals surface area contributed by atoms with Crippen molar-refractivity contribution in [2.45, 2.75) is 90.9 Å². The van der Waals surface area contributed by atoms with Crippen LogP contribution in [-0.4, -0.2) is 17.7 Å². The molecule has 0 radical (unpaired) electrons. The number of hydrogen-bond donors (Lipinski definition) is 1. The normalized spacial score (nSPS) is 13.7. The maximum Gasteiger partial charge on any atom is 0.328 e. The Labute approximate surface area is 142 Å². The molecule has 0 aromatic heterocycles. The maximum atomic E-state index is 11.8. The van der Waals surface area contributed by atoms with Crippen molar-refractivity contribution in [1.29, 1.82) is 0 Å². The van der Waals surface area contributed by atoms with Gasteiger partial charge in [-0.1, -0.05) is 78.1 Å². The first-order chi connectivity index (χ1) is 9.62. The van der Waals surface area contributed by atoms with Crippen molar-refractivity contribution in [3.8, 4) is 0 Å². The minimum absolute atomic E-state index is 0. The Balaban J connectivity index is 0. The Kier molecular flexibility index (Phi) is 19.4. The molecule has 0 amide bonds. The summed E-state index contributed by atoms with van der Waals surface area (Å²) in [7, 11) is -3.31. The van der Waals surface area contributed by atoms with Crippen molar-refractivity contribution in [2.75, 3.05) is 12.8 Å². The fourth-order valence-electron chi connectivity index (χ4n) is 2.25. The first-order valence-corrected chi connectivity index (χ1v) is 10.3. The van der Waals surface area contributed by atoms with E-state index in [9.17, 15) is 9.46 Å². The van der Waals surface area contributed by atoms with Crippen LogP contribution in [-0.2, 0) is 26.4 Å².